The molecule has 168 valence electrons. The Balaban J connectivity index is 1.27. The van der Waals surface area contributed by atoms with Gasteiger partial charge in [-0.3, -0.25) is 0 Å². The van der Waals surface area contributed by atoms with Crippen LogP contribution in [0.4, 0.5) is 0 Å². The summed E-state index contributed by atoms with van der Waals surface area (Å²) in [5, 5.41) is 1.09. The molecule has 0 bridgehead atoms. The first-order valence-corrected chi connectivity index (χ1v) is 12.9. The molecule has 0 spiro atoms. The van der Waals surface area contributed by atoms with E-state index in [1.807, 2.05) is 0 Å². The van der Waals surface area contributed by atoms with Crippen molar-refractivity contribution in [3.63, 3.8) is 0 Å². The summed E-state index contributed by atoms with van der Waals surface area (Å²) >= 11 is 1.76. The first kappa shape index (κ1) is 21.3. The molecule has 0 aromatic carbocycles. The number of carbonyl (C=O) groups excluding carboxylic acids is 1. The molecule has 1 aliphatic heterocycles. The molecule has 1 atom stereocenters. The zero-order valence-electron chi connectivity index (χ0n) is 19.2. The van der Waals surface area contributed by atoms with E-state index in [0.717, 1.165) is 41.8 Å². The summed E-state index contributed by atoms with van der Waals surface area (Å²) in [7, 11) is 0. The molecule has 6 heteroatoms. The highest BCUT2D eigenvalue weighted by Gasteiger charge is 2.34. The number of carbonyl (C=O) groups is 1. The van der Waals surface area contributed by atoms with Crippen molar-refractivity contribution >= 4 is 27.3 Å². The largest absolute Gasteiger partial charge is 0.474 e. The molecule has 3 aliphatic rings. The van der Waals surface area contributed by atoms with E-state index in [-0.39, 0.29) is 11.9 Å². The maximum Gasteiger partial charge on any atom is 0.225 e. The van der Waals surface area contributed by atoms with E-state index >= 15 is 0 Å². The molecule has 0 unspecified atom stereocenters. The molecule has 2 aliphatic carbocycles. The Morgan fingerprint density at radius 1 is 1.16 bits per heavy atom. The topological polar surface area (TPSA) is 55.3 Å². The fourth-order valence-corrected chi connectivity index (χ4v) is 7.09. The summed E-state index contributed by atoms with van der Waals surface area (Å²) in [4.78, 5) is 26.0. The number of rotatable bonds is 5. The molecule has 2 fully saturated rings. The van der Waals surface area contributed by atoms with Crippen LogP contribution in [0, 0.1) is 5.41 Å². The molecule has 31 heavy (non-hydrogen) atoms. The van der Waals surface area contributed by atoms with Crippen molar-refractivity contribution in [2.24, 2.45) is 5.41 Å². The van der Waals surface area contributed by atoms with Gasteiger partial charge in [0.25, 0.3) is 0 Å². The smallest absolute Gasteiger partial charge is 0.225 e. The van der Waals surface area contributed by atoms with Gasteiger partial charge in [0, 0.05) is 17.3 Å². The highest BCUT2D eigenvalue weighted by atomic mass is 32.1. The van der Waals surface area contributed by atoms with Crippen molar-refractivity contribution in [3.8, 4) is 5.88 Å². The SMILES string of the molecule is CC(=O)C[C@H]1CCc2sc3ncnc(O[C@H]4CC[C@H](N5CCC(C)(C)CC5)CC4)c3c21. The highest BCUT2D eigenvalue weighted by molar-refractivity contribution is 7.19. The van der Waals surface area contributed by atoms with Crippen LogP contribution in [0.1, 0.15) is 88.5 Å². The van der Waals surface area contributed by atoms with Crippen LogP contribution >= 0.6 is 11.3 Å². The van der Waals surface area contributed by atoms with Gasteiger partial charge in [-0.25, -0.2) is 9.97 Å². The molecule has 5 rings (SSSR count). The minimum Gasteiger partial charge on any atom is -0.474 e. The highest BCUT2D eigenvalue weighted by Crippen LogP contribution is 2.47. The molecule has 5 nitrogen and oxygen atoms in total. The van der Waals surface area contributed by atoms with E-state index in [1.165, 1.54) is 49.2 Å². The average Bonchev–Trinajstić information content (AvgIpc) is 3.28. The Hall–Kier alpha value is -1.53. The van der Waals surface area contributed by atoms with Crippen molar-refractivity contribution in [2.45, 2.75) is 96.6 Å². The number of nitrogens with zero attached hydrogens (tertiary/aromatic N) is 3. The summed E-state index contributed by atoms with van der Waals surface area (Å²) in [6.45, 7) is 8.99. The van der Waals surface area contributed by atoms with Gasteiger partial charge in [-0.05, 0) is 88.3 Å². The maximum atomic E-state index is 11.8. The lowest BCUT2D eigenvalue weighted by molar-refractivity contribution is -0.117. The normalized spacial score (nSPS) is 28.5. The van der Waals surface area contributed by atoms with Crippen molar-refractivity contribution in [2.75, 3.05) is 13.1 Å². The number of ether oxygens (including phenoxy) is 1. The van der Waals surface area contributed by atoms with Crippen LogP contribution in [-0.2, 0) is 11.2 Å². The number of piperidine rings is 1. The van der Waals surface area contributed by atoms with E-state index in [2.05, 4.69) is 28.7 Å². The Bertz CT molecular complexity index is 951. The zero-order valence-corrected chi connectivity index (χ0v) is 20.0. The second-order valence-electron chi connectivity index (χ2n) is 10.7. The number of ketones is 1. The van der Waals surface area contributed by atoms with Crippen molar-refractivity contribution in [1.82, 2.24) is 14.9 Å². The number of fused-ring (bicyclic) bond motifs is 3. The molecule has 3 heterocycles. The zero-order chi connectivity index (χ0) is 21.6. The van der Waals surface area contributed by atoms with Crippen molar-refractivity contribution in [1.29, 1.82) is 0 Å². The van der Waals surface area contributed by atoms with Gasteiger partial charge in [-0.1, -0.05) is 13.8 Å². The summed E-state index contributed by atoms with van der Waals surface area (Å²) < 4.78 is 6.53. The minimum absolute atomic E-state index is 0.235. The first-order chi connectivity index (χ1) is 14.9. The number of aromatic nitrogens is 2. The summed E-state index contributed by atoms with van der Waals surface area (Å²) in [5.41, 5.74) is 1.81. The standard InChI is InChI=1S/C25H35N3O2S/c1-16(29)14-17-4-9-20-21(17)22-23(26-15-27-24(22)31-20)30-19-7-5-18(6-8-19)28-12-10-25(2,3)11-13-28/h15,17-19H,4-14H2,1-3H3/t17-,18-,19-/m1/s1. The monoisotopic (exact) mass is 441 g/mol. The van der Waals surface area contributed by atoms with Gasteiger partial charge in [0.15, 0.2) is 0 Å². The quantitative estimate of drug-likeness (QED) is 0.612. The Morgan fingerprint density at radius 3 is 2.61 bits per heavy atom. The summed E-state index contributed by atoms with van der Waals surface area (Å²) in [6.07, 6.45) is 11.9. The second-order valence-corrected chi connectivity index (χ2v) is 11.8. The third-order valence-corrected chi connectivity index (χ3v) is 8.99. The van der Waals surface area contributed by atoms with E-state index in [0.29, 0.717) is 23.8 Å². The van der Waals surface area contributed by atoms with Crippen LogP contribution in [0.2, 0.25) is 0 Å². The summed E-state index contributed by atoms with van der Waals surface area (Å²) in [6, 6.07) is 0.715. The Labute approximate surface area is 189 Å². The number of hydrogen-bond acceptors (Lipinski definition) is 6. The van der Waals surface area contributed by atoms with Gasteiger partial charge in [0.1, 0.15) is 23.0 Å². The van der Waals surface area contributed by atoms with Crippen molar-refractivity contribution < 1.29 is 9.53 Å². The third-order valence-electron chi connectivity index (χ3n) is 7.82. The minimum atomic E-state index is 0.235. The molecular formula is C25H35N3O2S. The van der Waals surface area contributed by atoms with E-state index in [9.17, 15) is 4.79 Å². The van der Waals surface area contributed by atoms with Gasteiger partial charge in [-0.15, -0.1) is 11.3 Å². The molecule has 0 N–H and O–H groups in total. The summed E-state index contributed by atoms with van der Waals surface area (Å²) in [5.74, 6) is 1.31. The van der Waals surface area contributed by atoms with Crippen molar-refractivity contribution in [3.05, 3.63) is 16.8 Å². The third kappa shape index (κ3) is 4.38. The molecule has 1 saturated heterocycles. The lowest BCUT2D eigenvalue weighted by Crippen LogP contribution is -2.46. The Kier molecular flexibility index (Phi) is 5.80. The number of hydrogen-bond donors (Lipinski definition) is 0. The van der Waals surface area contributed by atoms with Crippen LogP contribution in [0.25, 0.3) is 10.2 Å². The van der Waals surface area contributed by atoms with Crippen LogP contribution in [0.15, 0.2) is 6.33 Å². The van der Waals surface area contributed by atoms with E-state index < -0.39 is 0 Å². The predicted octanol–water partition coefficient (Wildman–Crippen LogP) is 5.51. The molecule has 2 aromatic heterocycles. The molecule has 0 amide bonds. The van der Waals surface area contributed by atoms with Crippen LogP contribution in [-0.4, -0.2) is 45.9 Å². The lowest BCUT2D eigenvalue weighted by atomic mass is 9.81. The lowest BCUT2D eigenvalue weighted by Gasteiger charge is -2.43. The van der Waals surface area contributed by atoms with Gasteiger partial charge in [-0.2, -0.15) is 0 Å². The van der Waals surface area contributed by atoms with Crippen LogP contribution in [0.3, 0.4) is 0 Å². The molecular weight excluding hydrogens is 406 g/mol. The number of likely N-dealkylation sites (tertiary alicyclic amines) is 1. The van der Waals surface area contributed by atoms with Gasteiger partial charge in [0.2, 0.25) is 5.88 Å². The van der Waals surface area contributed by atoms with Gasteiger partial charge in [0.05, 0.1) is 5.39 Å². The molecule has 2 aromatic rings. The average molecular weight is 442 g/mol. The predicted molar refractivity (Wildman–Crippen MR) is 125 cm³/mol. The fraction of sp³-hybridized carbons (Fsp3) is 0.720. The van der Waals surface area contributed by atoms with Gasteiger partial charge >= 0.3 is 0 Å². The molecule has 1 saturated carbocycles. The number of thiophene rings is 1. The molecule has 0 radical (unpaired) electrons. The number of aryl methyl sites for hydroxylation is 1. The second kappa shape index (κ2) is 8.43. The van der Waals surface area contributed by atoms with Crippen LogP contribution in [0.5, 0.6) is 5.88 Å². The first-order valence-electron chi connectivity index (χ1n) is 12.1. The van der Waals surface area contributed by atoms with Crippen LogP contribution < -0.4 is 4.74 Å². The Morgan fingerprint density at radius 2 is 1.90 bits per heavy atom. The van der Waals surface area contributed by atoms with E-state index in [1.54, 1.807) is 24.6 Å². The fourth-order valence-electron chi connectivity index (χ4n) is 5.86. The van der Waals surface area contributed by atoms with Gasteiger partial charge < -0.3 is 14.4 Å². The number of Topliss-reactive ketones (excluding diaryl/α,β-unsaturated/α-hetero) is 1. The van der Waals surface area contributed by atoms with E-state index in [4.69, 9.17) is 4.74 Å². The maximum absolute atomic E-state index is 11.8.